The third kappa shape index (κ3) is 4.75. The Kier molecular flexibility index (Phi) is 6.36. The molecule has 2 aromatic rings. The first-order chi connectivity index (χ1) is 14.1. The van der Waals surface area contributed by atoms with E-state index in [0.717, 1.165) is 17.4 Å². The number of aryl methyl sites for hydroxylation is 2. The molecule has 3 rings (SSSR count). The van der Waals surface area contributed by atoms with Crippen molar-refractivity contribution in [2.45, 2.75) is 26.8 Å². The number of amides is 1. The highest BCUT2D eigenvalue weighted by Crippen LogP contribution is 2.25. The Morgan fingerprint density at radius 3 is 2.13 bits per heavy atom. The number of para-hydroxylation sites is 1. The topological polar surface area (TPSA) is 60.9 Å². The molecule has 0 spiro atoms. The standard InChI is InChI=1S/C22H28FN3O3S/c1-16-13-17(2)15-19(14-16)26(30(4,28)29)18(3)22(27)25-11-9-24(10-12-25)21-8-6-5-7-20(21)23/h5-8,13-15,18H,9-12H2,1-4H3/t18-/m0/s1. The van der Waals surface area contributed by atoms with E-state index >= 15 is 0 Å². The Balaban J connectivity index is 1.77. The second kappa shape index (κ2) is 8.63. The molecule has 30 heavy (non-hydrogen) atoms. The lowest BCUT2D eigenvalue weighted by Gasteiger charge is -2.39. The van der Waals surface area contributed by atoms with Crippen LogP contribution in [0.2, 0.25) is 0 Å². The number of hydrogen-bond donors (Lipinski definition) is 0. The third-order valence-corrected chi connectivity index (χ3v) is 6.55. The van der Waals surface area contributed by atoms with Crippen molar-refractivity contribution in [3.05, 3.63) is 59.4 Å². The summed E-state index contributed by atoms with van der Waals surface area (Å²) in [5.41, 5.74) is 2.86. The van der Waals surface area contributed by atoms with Crippen LogP contribution >= 0.6 is 0 Å². The molecule has 2 aromatic carbocycles. The quantitative estimate of drug-likeness (QED) is 0.728. The van der Waals surface area contributed by atoms with Crippen LogP contribution in [0.4, 0.5) is 15.8 Å². The Bertz CT molecular complexity index is 1010. The zero-order valence-electron chi connectivity index (χ0n) is 17.8. The van der Waals surface area contributed by atoms with Crippen molar-refractivity contribution in [2.75, 3.05) is 41.6 Å². The number of hydrogen-bond acceptors (Lipinski definition) is 4. The lowest BCUT2D eigenvalue weighted by molar-refractivity contribution is -0.132. The first-order valence-corrected chi connectivity index (χ1v) is 11.8. The van der Waals surface area contributed by atoms with Gasteiger partial charge in [-0.3, -0.25) is 9.10 Å². The maximum absolute atomic E-state index is 14.1. The van der Waals surface area contributed by atoms with E-state index in [2.05, 4.69) is 0 Å². The highest BCUT2D eigenvalue weighted by molar-refractivity contribution is 7.92. The van der Waals surface area contributed by atoms with Crippen LogP contribution < -0.4 is 9.21 Å². The van der Waals surface area contributed by atoms with Gasteiger partial charge in [-0.1, -0.05) is 18.2 Å². The average molecular weight is 434 g/mol. The van der Waals surface area contributed by atoms with Crippen LogP contribution in [0.25, 0.3) is 0 Å². The number of rotatable bonds is 5. The highest BCUT2D eigenvalue weighted by Gasteiger charge is 2.33. The van der Waals surface area contributed by atoms with Crippen molar-refractivity contribution in [1.29, 1.82) is 0 Å². The van der Waals surface area contributed by atoms with Gasteiger partial charge in [-0.25, -0.2) is 12.8 Å². The van der Waals surface area contributed by atoms with Crippen LogP contribution in [0.3, 0.4) is 0 Å². The molecular formula is C22H28FN3O3S. The molecule has 8 heteroatoms. The Morgan fingerprint density at radius 1 is 1.03 bits per heavy atom. The van der Waals surface area contributed by atoms with Crippen LogP contribution in [0, 0.1) is 19.7 Å². The van der Waals surface area contributed by atoms with E-state index in [1.807, 2.05) is 24.8 Å². The number of nitrogens with zero attached hydrogens (tertiary/aromatic N) is 3. The van der Waals surface area contributed by atoms with E-state index in [9.17, 15) is 17.6 Å². The molecule has 0 aromatic heterocycles. The Labute approximate surface area is 177 Å². The lowest BCUT2D eigenvalue weighted by atomic mass is 10.1. The smallest absolute Gasteiger partial charge is 0.246 e. The SMILES string of the molecule is Cc1cc(C)cc(N([C@@H](C)C(=O)N2CCN(c3ccccc3F)CC2)S(C)(=O)=O)c1. The van der Waals surface area contributed by atoms with Gasteiger partial charge in [0.2, 0.25) is 15.9 Å². The monoisotopic (exact) mass is 433 g/mol. The molecular weight excluding hydrogens is 405 g/mol. The largest absolute Gasteiger partial charge is 0.366 e. The molecule has 1 amide bonds. The van der Waals surface area contributed by atoms with Gasteiger partial charge < -0.3 is 9.80 Å². The van der Waals surface area contributed by atoms with E-state index in [-0.39, 0.29) is 11.7 Å². The second-order valence-electron chi connectivity index (χ2n) is 7.84. The van der Waals surface area contributed by atoms with Crippen LogP contribution in [0.1, 0.15) is 18.1 Å². The number of anilines is 2. The summed E-state index contributed by atoms with van der Waals surface area (Å²) in [7, 11) is -3.67. The van der Waals surface area contributed by atoms with Gasteiger partial charge in [0.05, 0.1) is 17.6 Å². The predicted molar refractivity (Wildman–Crippen MR) is 118 cm³/mol. The summed E-state index contributed by atoms with van der Waals surface area (Å²) < 4.78 is 40.4. The number of benzene rings is 2. The molecule has 0 bridgehead atoms. The first kappa shape index (κ1) is 22.1. The van der Waals surface area contributed by atoms with Gasteiger partial charge in [0, 0.05) is 26.2 Å². The molecule has 0 aliphatic carbocycles. The minimum Gasteiger partial charge on any atom is -0.366 e. The predicted octanol–water partition coefficient (Wildman–Crippen LogP) is 2.95. The molecule has 0 unspecified atom stereocenters. The number of carbonyl (C=O) groups is 1. The van der Waals surface area contributed by atoms with Crippen LogP contribution in [-0.2, 0) is 14.8 Å². The van der Waals surface area contributed by atoms with Gasteiger partial charge >= 0.3 is 0 Å². The minimum absolute atomic E-state index is 0.257. The zero-order chi connectivity index (χ0) is 22.1. The van der Waals surface area contributed by atoms with E-state index in [4.69, 9.17) is 0 Å². The zero-order valence-corrected chi connectivity index (χ0v) is 18.6. The summed E-state index contributed by atoms with van der Waals surface area (Å²) in [5, 5.41) is 0. The molecule has 0 N–H and O–H groups in total. The van der Waals surface area contributed by atoms with E-state index in [0.29, 0.717) is 37.6 Å². The summed E-state index contributed by atoms with van der Waals surface area (Å²) in [6, 6.07) is 11.2. The minimum atomic E-state index is -3.67. The summed E-state index contributed by atoms with van der Waals surface area (Å²) in [5.74, 6) is -0.545. The van der Waals surface area contributed by atoms with Crippen molar-refractivity contribution in [3.8, 4) is 0 Å². The highest BCUT2D eigenvalue weighted by atomic mass is 32.2. The van der Waals surface area contributed by atoms with Gasteiger partial charge in [0.15, 0.2) is 0 Å². The van der Waals surface area contributed by atoms with Crippen molar-refractivity contribution in [1.82, 2.24) is 4.90 Å². The Hall–Kier alpha value is -2.61. The van der Waals surface area contributed by atoms with E-state index in [1.54, 1.807) is 42.2 Å². The van der Waals surface area contributed by atoms with Gasteiger partial charge in [-0.2, -0.15) is 0 Å². The van der Waals surface area contributed by atoms with Gasteiger partial charge in [0.25, 0.3) is 0 Å². The maximum Gasteiger partial charge on any atom is 0.246 e. The van der Waals surface area contributed by atoms with Crippen molar-refractivity contribution >= 4 is 27.3 Å². The van der Waals surface area contributed by atoms with Crippen molar-refractivity contribution in [3.63, 3.8) is 0 Å². The Morgan fingerprint density at radius 2 is 1.60 bits per heavy atom. The van der Waals surface area contributed by atoms with Gasteiger partial charge in [-0.05, 0) is 56.2 Å². The van der Waals surface area contributed by atoms with Crippen LogP contribution in [0.5, 0.6) is 0 Å². The molecule has 1 saturated heterocycles. The summed E-state index contributed by atoms with van der Waals surface area (Å²) in [6.45, 7) is 7.19. The lowest BCUT2D eigenvalue weighted by Crippen LogP contribution is -2.55. The molecule has 1 fully saturated rings. The van der Waals surface area contributed by atoms with Gasteiger partial charge in [0.1, 0.15) is 11.9 Å². The fourth-order valence-corrected chi connectivity index (χ4v) is 5.17. The van der Waals surface area contributed by atoms with Crippen LogP contribution in [0.15, 0.2) is 42.5 Å². The summed E-state index contributed by atoms with van der Waals surface area (Å²) in [6.07, 6.45) is 1.12. The normalized spacial score (nSPS) is 15.8. The number of halogens is 1. The van der Waals surface area contributed by atoms with E-state index in [1.165, 1.54) is 10.4 Å². The summed E-state index contributed by atoms with van der Waals surface area (Å²) >= 11 is 0. The number of piperazine rings is 1. The van der Waals surface area contributed by atoms with Crippen LogP contribution in [-0.4, -0.2) is 57.7 Å². The molecule has 1 aliphatic heterocycles. The molecule has 1 atom stereocenters. The summed E-state index contributed by atoms with van der Waals surface area (Å²) in [4.78, 5) is 16.7. The fourth-order valence-electron chi connectivity index (χ4n) is 4.02. The molecule has 0 radical (unpaired) electrons. The number of sulfonamides is 1. The second-order valence-corrected chi connectivity index (χ2v) is 9.70. The van der Waals surface area contributed by atoms with Crippen molar-refractivity contribution in [2.24, 2.45) is 0 Å². The maximum atomic E-state index is 14.1. The molecule has 0 saturated carbocycles. The van der Waals surface area contributed by atoms with Crippen molar-refractivity contribution < 1.29 is 17.6 Å². The number of carbonyl (C=O) groups excluding carboxylic acids is 1. The molecule has 162 valence electrons. The molecule has 1 heterocycles. The fraction of sp³-hybridized carbons (Fsp3) is 0.409. The van der Waals surface area contributed by atoms with Gasteiger partial charge in [-0.15, -0.1) is 0 Å². The molecule has 1 aliphatic rings. The third-order valence-electron chi connectivity index (χ3n) is 5.31. The first-order valence-electron chi connectivity index (χ1n) is 9.94. The van der Waals surface area contributed by atoms with E-state index < -0.39 is 16.1 Å². The average Bonchev–Trinajstić information content (AvgIpc) is 2.66. The molecule has 6 nitrogen and oxygen atoms in total.